The molecule has 0 fully saturated rings. The molecule has 0 saturated heterocycles. The molecule has 10 heteroatoms. The molecule has 0 amide bonds. The Bertz CT molecular complexity index is 1170. The van der Waals surface area contributed by atoms with Gasteiger partial charge in [-0.1, -0.05) is 13.8 Å². The van der Waals surface area contributed by atoms with Crippen LogP contribution in [0.1, 0.15) is 70.2 Å². The van der Waals surface area contributed by atoms with Crippen molar-refractivity contribution < 1.29 is 31.9 Å². The first-order chi connectivity index (χ1) is 14.9. The monoisotopic (exact) mass is 466 g/mol. The number of ether oxygens (including phenoxy) is 1. The fraction of sp³-hybridized carbons (Fsp3) is 0.409. The number of carbonyl (C=O) groups is 3. The number of aromatic amines is 1. The van der Waals surface area contributed by atoms with Gasteiger partial charge in [0.15, 0.2) is 11.9 Å². The van der Waals surface area contributed by atoms with E-state index >= 15 is 0 Å². The maximum absolute atomic E-state index is 14.3. The summed E-state index contributed by atoms with van der Waals surface area (Å²) in [5.41, 5.74) is 0.846. The van der Waals surface area contributed by atoms with E-state index in [1.807, 2.05) is 0 Å². The van der Waals surface area contributed by atoms with Crippen molar-refractivity contribution in [3.63, 3.8) is 0 Å². The van der Waals surface area contributed by atoms with Gasteiger partial charge in [0.1, 0.15) is 5.82 Å². The van der Waals surface area contributed by atoms with Crippen molar-refractivity contribution >= 4 is 27.6 Å². The number of hydrogen-bond acceptors (Lipinski definition) is 6. The van der Waals surface area contributed by atoms with Crippen LogP contribution in [0, 0.1) is 19.7 Å². The molecule has 1 N–H and O–H groups in total. The summed E-state index contributed by atoms with van der Waals surface area (Å²) in [6.07, 6.45) is -1.30. The van der Waals surface area contributed by atoms with Crippen LogP contribution in [-0.2, 0) is 14.8 Å². The van der Waals surface area contributed by atoms with Gasteiger partial charge in [0.25, 0.3) is 0 Å². The summed E-state index contributed by atoms with van der Waals surface area (Å²) in [5.74, 6) is -2.96. The van der Waals surface area contributed by atoms with Crippen LogP contribution < -0.4 is 0 Å². The Morgan fingerprint density at radius 2 is 1.75 bits per heavy atom. The minimum Gasteiger partial charge on any atom is -0.451 e. The Morgan fingerprint density at radius 1 is 1.16 bits per heavy atom. The van der Waals surface area contributed by atoms with Gasteiger partial charge in [0, 0.05) is 24.3 Å². The van der Waals surface area contributed by atoms with Gasteiger partial charge in [-0.2, -0.15) is 4.31 Å². The second-order valence-electron chi connectivity index (χ2n) is 7.32. The first-order valence-electron chi connectivity index (χ1n) is 10.1. The summed E-state index contributed by atoms with van der Waals surface area (Å²) < 4.78 is 46.0. The van der Waals surface area contributed by atoms with Crippen molar-refractivity contribution in [3.05, 3.63) is 52.1 Å². The minimum atomic E-state index is -3.92. The molecule has 0 aliphatic heterocycles. The lowest BCUT2D eigenvalue weighted by atomic mass is 10.0. The number of rotatable bonds is 9. The van der Waals surface area contributed by atoms with Crippen LogP contribution in [0.2, 0.25) is 0 Å². The second kappa shape index (κ2) is 9.74. The van der Waals surface area contributed by atoms with E-state index in [-0.39, 0.29) is 29.5 Å². The highest BCUT2D eigenvalue weighted by atomic mass is 32.2. The van der Waals surface area contributed by atoms with Gasteiger partial charge < -0.3 is 9.72 Å². The van der Waals surface area contributed by atoms with Crippen molar-refractivity contribution in [2.45, 2.75) is 52.5 Å². The smallest absolute Gasteiger partial charge is 0.341 e. The number of Topliss-reactive ketones (excluding diaryl/α,β-unsaturated/α-hetero) is 2. The molecule has 1 aromatic carbocycles. The van der Waals surface area contributed by atoms with Gasteiger partial charge in [-0.05, 0) is 51.5 Å². The quantitative estimate of drug-likeness (QED) is 0.447. The zero-order valence-corrected chi connectivity index (χ0v) is 19.7. The summed E-state index contributed by atoms with van der Waals surface area (Å²) in [7, 11) is -3.92. The largest absolute Gasteiger partial charge is 0.451 e. The van der Waals surface area contributed by atoms with Crippen LogP contribution in [0.4, 0.5) is 4.39 Å². The number of H-pyrrole nitrogens is 1. The van der Waals surface area contributed by atoms with Crippen LogP contribution in [0.5, 0.6) is 0 Å². The zero-order chi connectivity index (χ0) is 24.4. The summed E-state index contributed by atoms with van der Waals surface area (Å²) >= 11 is 0. The number of hydrogen-bond donors (Lipinski definition) is 1. The molecule has 0 bridgehead atoms. The van der Waals surface area contributed by atoms with Crippen molar-refractivity contribution in [2.75, 3.05) is 13.1 Å². The van der Waals surface area contributed by atoms with Gasteiger partial charge >= 0.3 is 5.97 Å². The molecule has 174 valence electrons. The molecule has 8 nitrogen and oxygen atoms in total. The highest BCUT2D eigenvalue weighted by Gasteiger charge is 2.29. The number of aromatic nitrogens is 1. The predicted octanol–water partition coefficient (Wildman–Crippen LogP) is 3.43. The second-order valence-corrected chi connectivity index (χ2v) is 9.26. The third-order valence-electron chi connectivity index (χ3n) is 5.19. The van der Waals surface area contributed by atoms with Gasteiger partial charge in [0.05, 0.1) is 16.2 Å². The Hall–Kier alpha value is -2.85. The van der Waals surface area contributed by atoms with Crippen molar-refractivity contribution in [3.8, 4) is 0 Å². The van der Waals surface area contributed by atoms with Gasteiger partial charge in [-0.15, -0.1) is 0 Å². The molecule has 0 radical (unpaired) electrons. The predicted molar refractivity (Wildman–Crippen MR) is 116 cm³/mol. The average Bonchev–Trinajstić information content (AvgIpc) is 3.02. The Balaban J connectivity index is 2.32. The molecule has 1 heterocycles. The standard InChI is InChI=1S/C22H27FN2O6S/c1-7-25(8-2)32(29,30)16-9-10-18(23)17(11-16)22(28)31-15(6)21(27)20-12(3)19(14(5)26)13(4)24-20/h9-11,15,24H,7-8H2,1-6H3/t15-/m1/s1. The highest BCUT2D eigenvalue weighted by Crippen LogP contribution is 2.23. The fourth-order valence-corrected chi connectivity index (χ4v) is 5.02. The molecule has 0 unspecified atom stereocenters. The van der Waals surface area contributed by atoms with E-state index in [9.17, 15) is 27.2 Å². The Labute approximate surface area is 186 Å². The Morgan fingerprint density at radius 3 is 2.25 bits per heavy atom. The normalized spacial score (nSPS) is 12.6. The number of nitrogens with zero attached hydrogens (tertiary/aromatic N) is 1. The van der Waals surface area contributed by atoms with E-state index in [4.69, 9.17) is 4.74 Å². The molecule has 2 rings (SSSR count). The van der Waals surface area contributed by atoms with E-state index in [1.54, 1.807) is 27.7 Å². The molecule has 1 atom stereocenters. The molecule has 32 heavy (non-hydrogen) atoms. The van der Waals surface area contributed by atoms with Crippen molar-refractivity contribution in [1.29, 1.82) is 0 Å². The lowest BCUT2D eigenvalue weighted by Gasteiger charge is -2.19. The number of halogens is 1. The molecule has 0 saturated carbocycles. The number of carbonyl (C=O) groups excluding carboxylic acids is 3. The Kier molecular flexibility index (Phi) is 7.74. The van der Waals surface area contributed by atoms with Gasteiger partial charge in [0.2, 0.25) is 15.8 Å². The first-order valence-corrected chi connectivity index (χ1v) is 11.6. The van der Waals surface area contributed by atoms with Crippen LogP contribution in [0.15, 0.2) is 23.1 Å². The number of aryl methyl sites for hydroxylation is 1. The lowest BCUT2D eigenvalue weighted by Crippen LogP contribution is -2.31. The van der Waals surface area contributed by atoms with E-state index < -0.39 is 39.3 Å². The summed E-state index contributed by atoms with van der Waals surface area (Å²) in [6.45, 7) is 9.68. The maximum Gasteiger partial charge on any atom is 0.341 e. The molecule has 0 spiro atoms. The number of benzene rings is 1. The van der Waals surface area contributed by atoms with Gasteiger partial charge in [-0.25, -0.2) is 17.6 Å². The van der Waals surface area contributed by atoms with Crippen LogP contribution in [0.25, 0.3) is 0 Å². The minimum absolute atomic E-state index is 0.117. The first kappa shape index (κ1) is 25.4. The van der Waals surface area contributed by atoms with E-state index in [1.165, 1.54) is 18.2 Å². The number of nitrogens with one attached hydrogen (secondary N) is 1. The third kappa shape index (κ3) is 4.81. The number of sulfonamides is 1. The van der Waals surface area contributed by atoms with Crippen molar-refractivity contribution in [2.24, 2.45) is 0 Å². The number of esters is 1. The zero-order valence-electron chi connectivity index (χ0n) is 18.9. The molecular formula is C22H27FN2O6S. The van der Waals surface area contributed by atoms with E-state index in [2.05, 4.69) is 4.98 Å². The lowest BCUT2D eigenvalue weighted by molar-refractivity contribution is 0.0312. The highest BCUT2D eigenvalue weighted by molar-refractivity contribution is 7.89. The molecule has 2 aromatic rings. The fourth-order valence-electron chi connectivity index (χ4n) is 3.54. The molecule has 1 aromatic heterocycles. The van der Waals surface area contributed by atoms with E-state index in [0.717, 1.165) is 18.2 Å². The molecule has 0 aliphatic rings. The summed E-state index contributed by atoms with van der Waals surface area (Å²) in [6, 6.07) is 2.85. The molecular weight excluding hydrogens is 439 g/mol. The van der Waals surface area contributed by atoms with Crippen LogP contribution in [0.3, 0.4) is 0 Å². The van der Waals surface area contributed by atoms with E-state index in [0.29, 0.717) is 16.8 Å². The molecule has 0 aliphatic carbocycles. The average molecular weight is 467 g/mol. The van der Waals surface area contributed by atoms with Crippen LogP contribution >= 0.6 is 0 Å². The maximum atomic E-state index is 14.3. The SMILES string of the molecule is CCN(CC)S(=O)(=O)c1ccc(F)c(C(=O)O[C@H](C)C(=O)c2[nH]c(C)c(C(C)=O)c2C)c1. The summed E-state index contributed by atoms with van der Waals surface area (Å²) in [5, 5.41) is 0. The summed E-state index contributed by atoms with van der Waals surface area (Å²) in [4.78, 5) is 39.7. The van der Waals surface area contributed by atoms with Crippen molar-refractivity contribution in [1.82, 2.24) is 9.29 Å². The number of ketones is 2. The van der Waals surface area contributed by atoms with Crippen LogP contribution in [-0.4, -0.2) is 54.4 Å². The topological polar surface area (TPSA) is 114 Å². The third-order valence-corrected chi connectivity index (χ3v) is 7.24. The van der Waals surface area contributed by atoms with Gasteiger partial charge in [-0.3, -0.25) is 9.59 Å².